The molecule has 0 radical (unpaired) electrons. The molecule has 4 aromatic rings. The smallest absolute Gasteiger partial charge is 0.197 e. The summed E-state index contributed by atoms with van der Waals surface area (Å²) < 4.78 is 14.6. The maximum atomic E-state index is 12.7. The fraction of sp³-hybridized carbons (Fsp3) is 0.176. The lowest BCUT2D eigenvalue weighted by atomic mass is 10.1. The number of hydrogen-bond donors (Lipinski definition) is 1. The first-order chi connectivity index (χ1) is 11.1. The number of aromatic nitrogens is 4. The maximum absolute atomic E-state index is 12.7. The Kier molecular flexibility index (Phi) is 4.21. The van der Waals surface area contributed by atoms with E-state index in [1.54, 1.807) is 6.20 Å². The number of aryl methyl sites for hydroxylation is 2. The van der Waals surface area contributed by atoms with Crippen molar-refractivity contribution in [1.29, 1.82) is 0 Å². The van der Waals surface area contributed by atoms with Crippen LogP contribution < -0.4 is 0 Å². The minimum atomic E-state index is -1.24. The van der Waals surface area contributed by atoms with Gasteiger partial charge in [-0.25, -0.2) is 9.97 Å². The molecule has 24 heavy (non-hydrogen) atoms. The lowest BCUT2D eigenvalue weighted by Gasteiger charge is -2.02. The largest absolute Gasteiger partial charge is 0.412 e. The summed E-state index contributed by atoms with van der Waals surface area (Å²) >= 11 is 0. The topological polar surface area (TPSA) is 94.6 Å². The SMILES string of the molecule is Cc1cc2nc(S(=O)Cc3cccn4ccnc34)[nH]c2cc1C.O. The van der Waals surface area contributed by atoms with Crippen LogP contribution in [0.5, 0.6) is 0 Å². The molecule has 0 spiro atoms. The molecule has 0 aliphatic carbocycles. The zero-order chi connectivity index (χ0) is 16.0. The molecule has 0 aliphatic heterocycles. The summed E-state index contributed by atoms with van der Waals surface area (Å²) in [6.07, 6.45) is 5.56. The van der Waals surface area contributed by atoms with Gasteiger partial charge in [0.25, 0.3) is 0 Å². The van der Waals surface area contributed by atoms with Crippen LogP contribution in [0.25, 0.3) is 16.7 Å². The van der Waals surface area contributed by atoms with Crippen LogP contribution >= 0.6 is 0 Å². The summed E-state index contributed by atoms with van der Waals surface area (Å²) in [5.41, 5.74) is 5.95. The van der Waals surface area contributed by atoms with E-state index in [1.165, 1.54) is 11.1 Å². The van der Waals surface area contributed by atoms with Gasteiger partial charge in [0.2, 0.25) is 0 Å². The Labute approximate surface area is 141 Å². The number of nitrogens with zero attached hydrogens (tertiary/aromatic N) is 3. The summed E-state index contributed by atoms with van der Waals surface area (Å²) in [4.78, 5) is 12.0. The van der Waals surface area contributed by atoms with Gasteiger partial charge in [0.15, 0.2) is 5.16 Å². The van der Waals surface area contributed by atoms with E-state index >= 15 is 0 Å². The monoisotopic (exact) mass is 342 g/mol. The molecule has 3 heterocycles. The highest BCUT2D eigenvalue weighted by atomic mass is 32.2. The van der Waals surface area contributed by atoms with Crippen LogP contribution in [0, 0.1) is 13.8 Å². The normalized spacial score (nSPS) is 12.4. The van der Waals surface area contributed by atoms with E-state index < -0.39 is 10.8 Å². The number of benzene rings is 1. The molecule has 3 aromatic heterocycles. The third kappa shape index (κ3) is 2.72. The molecule has 0 saturated carbocycles. The molecule has 4 rings (SSSR count). The lowest BCUT2D eigenvalue weighted by molar-refractivity contribution is 0.677. The fourth-order valence-corrected chi connectivity index (χ4v) is 3.75. The number of rotatable bonds is 3. The molecule has 0 amide bonds. The Hall–Kier alpha value is -2.51. The zero-order valence-corrected chi connectivity index (χ0v) is 14.2. The first-order valence-corrected chi connectivity index (χ1v) is 8.69. The number of fused-ring (bicyclic) bond motifs is 2. The Morgan fingerprint density at radius 2 is 2.00 bits per heavy atom. The number of pyridine rings is 1. The van der Waals surface area contributed by atoms with Crippen LogP contribution in [-0.2, 0) is 16.6 Å². The van der Waals surface area contributed by atoms with Crippen molar-refractivity contribution < 1.29 is 9.69 Å². The molecule has 1 atom stereocenters. The molecule has 0 saturated heterocycles. The molecule has 0 fully saturated rings. The molecule has 3 N–H and O–H groups in total. The van der Waals surface area contributed by atoms with Crippen LogP contribution in [-0.4, -0.2) is 29.0 Å². The van der Waals surface area contributed by atoms with Crippen molar-refractivity contribution in [2.45, 2.75) is 24.8 Å². The van der Waals surface area contributed by atoms with Gasteiger partial charge in [-0.15, -0.1) is 0 Å². The van der Waals surface area contributed by atoms with Gasteiger partial charge in [-0.2, -0.15) is 0 Å². The molecule has 6 nitrogen and oxygen atoms in total. The second kappa shape index (κ2) is 6.18. The minimum absolute atomic E-state index is 0. The van der Waals surface area contributed by atoms with E-state index in [9.17, 15) is 4.21 Å². The Bertz CT molecular complexity index is 1010. The van der Waals surface area contributed by atoms with Gasteiger partial charge < -0.3 is 14.9 Å². The summed E-state index contributed by atoms with van der Waals surface area (Å²) in [6.45, 7) is 4.12. The van der Waals surface area contributed by atoms with E-state index in [4.69, 9.17) is 0 Å². The molecule has 124 valence electrons. The van der Waals surface area contributed by atoms with E-state index in [1.807, 2.05) is 41.1 Å². The van der Waals surface area contributed by atoms with Crippen LogP contribution in [0.2, 0.25) is 0 Å². The summed E-state index contributed by atoms with van der Waals surface area (Å²) in [6, 6.07) is 7.97. The number of aromatic amines is 1. The lowest BCUT2D eigenvalue weighted by Crippen LogP contribution is -2.00. The van der Waals surface area contributed by atoms with E-state index in [2.05, 4.69) is 28.8 Å². The van der Waals surface area contributed by atoms with Gasteiger partial charge in [0.05, 0.1) is 27.6 Å². The van der Waals surface area contributed by atoms with Gasteiger partial charge in [-0.05, 0) is 43.2 Å². The van der Waals surface area contributed by atoms with Crippen molar-refractivity contribution in [3.63, 3.8) is 0 Å². The van der Waals surface area contributed by atoms with Crippen LogP contribution in [0.15, 0.2) is 48.0 Å². The first kappa shape index (κ1) is 16.4. The van der Waals surface area contributed by atoms with Crippen molar-refractivity contribution in [3.8, 4) is 0 Å². The van der Waals surface area contributed by atoms with E-state index in [-0.39, 0.29) is 5.48 Å². The van der Waals surface area contributed by atoms with Crippen molar-refractivity contribution in [1.82, 2.24) is 19.4 Å². The van der Waals surface area contributed by atoms with Gasteiger partial charge in [0.1, 0.15) is 5.65 Å². The third-order valence-corrected chi connectivity index (χ3v) is 5.28. The first-order valence-electron chi connectivity index (χ1n) is 7.38. The van der Waals surface area contributed by atoms with E-state index in [0.717, 1.165) is 22.2 Å². The fourth-order valence-electron chi connectivity index (χ4n) is 2.68. The highest BCUT2D eigenvalue weighted by Crippen LogP contribution is 2.20. The minimum Gasteiger partial charge on any atom is -0.412 e. The number of nitrogens with one attached hydrogen (secondary N) is 1. The summed E-state index contributed by atoms with van der Waals surface area (Å²) in [7, 11) is -1.24. The summed E-state index contributed by atoms with van der Waals surface area (Å²) in [5.74, 6) is 0.388. The molecule has 0 bridgehead atoms. The van der Waals surface area contributed by atoms with Gasteiger partial charge in [0, 0.05) is 24.2 Å². The van der Waals surface area contributed by atoms with Crippen LogP contribution in [0.3, 0.4) is 0 Å². The average Bonchev–Trinajstić information content (AvgIpc) is 3.15. The van der Waals surface area contributed by atoms with Crippen molar-refractivity contribution >= 4 is 27.5 Å². The maximum Gasteiger partial charge on any atom is 0.197 e. The van der Waals surface area contributed by atoms with Crippen molar-refractivity contribution in [3.05, 3.63) is 59.5 Å². The highest BCUT2D eigenvalue weighted by molar-refractivity contribution is 7.84. The van der Waals surface area contributed by atoms with Gasteiger partial charge >= 0.3 is 0 Å². The van der Waals surface area contributed by atoms with Crippen molar-refractivity contribution in [2.24, 2.45) is 0 Å². The molecule has 1 unspecified atom stereocenters. The Balaban J connectivity index is 0.00000169. The molecular weight excluding hydrogens is 324 g/mol. The van der Waals surface area contributed by atoms with E-state index in [0.29, 0.717) is 10.9 Å². The molecule has 0 aliphatic rings. The quantitative estimate of drug-likeness (QED) is 0.619. The predicted molar refractivity (Wildman–Crippen MR) is 94.5 cm³/mol. The third-order valence-electron chi connectivity index (χ3n) is 4.08. The average molecular weight is 342 g/mol. The van der Waals surface area contributed by atoms with Gasteiger partial charge in [-0.3, -0.25) is 4.21 Å². The van der Waals surface area contributed by atoms with Gasteiger partial charge in [-0.1, -0.05) is 6.07 Å². The summed E-state index contributed by atoms with van der Waals surface area (Å²) in [5, 5.41) is 0.513. The molecule has 7 heteroatoms. The number of imidazole rings is 2. The predicted octanol–water partition coefficient (Wildman–Crippen LogP) is 2.31. The number of hydrogen-bond acceptors (Lipinski definition) is 3. The van der Waals surface area contributed by atoms with Crippen LogP contribution in [0.1, 0.15) is 16.7 Å². The zero-order valence-electron chi connectivity index (χ0n) is 13.4. The molecule has 1 aromatic carbocycles. The standard InChI is InChI=1S/C17H16N4OS.H2O/c1-11-8-14-15(9-12(11)2)20-17(19-14)23(22)10-13-4-3-6-21-7-5-18-16(13)21;/h3-9H,10H2,1-2H3,(H,19,20);1H2. The highest BCUT2D eigenvalue weighted by Gasteiger charge is 2.13. The number of H-pyrrole nitrogens is 1. The Morgan fingerprint density at radius 3 is 2.83 bits per heavy atom. The Morgan fingerprint density at radius 1 is 1.21 bits per heavy atom. The second-order valence-electron chi connectivity index (χ2n) is 5.68. The van der Waals surface area contributed by atoms with Crippen molar-refractivity contribution in [2.75, 3.05) is 0 Å². The second-order valence-corrected chi connectivity index (χ2v) is 7.04. The van der Waals surface area contributed by atoms with Crippen LogP contribution in [0.4, 0.5) is 0 Å². The molecular formula is C17H18N4O2S.